The van der Waals surface area contributed by atoms with Crippen LogP contribution in [-0.2, 0) is 0 Å². The van der Waals surface area contributed by atoms with Crippen molar-refractivity contribution in [2.24, 2.45) is 10.7 Å². The maximum Gasteiger partial charge on any atom is 0.189 e. The molecule has 0 unspecified atom stereocenters. The molecule has 0 atom stereocenters. The Morgan fingerprint density at radius 1 is 1.47 bits per heavy atom. The molecule has 1 saturated carbocycles. The highest BCUT2D eigenvalue weighted by Crippen LogP contribution is 2.37. The highest BCUT2D eigenvalue weighted by Gasteiger charge is 2.32. The number of hydrogen-bond donors (Lipinski definition) is 2. The Labute approximate surface area is 113 Å². The van der Waals surface area contributed by atoms with Gasteiger partial charge in [0.15, 0.2) is 5.96 Å². The summed E-state index contributed by atoms with van der Waals surface area (Å²) in [5, 5.41) is 3.16. The number of benzene rings is 1. The van der Waals surface area contributed by atoms with Gasteiger partial charge >= 0.3 is 0 Å². The summed E-state index contributed by atoms with van der Waals surface area (Å²) in [5.74, 6) is 0.613. The first-order valence-corrected chi connectivity index (χ1v) is 6.51. The van der Waals surface area contributed by atoms with Gasteiger partial charge in [-0.3, -0.25) is 0 Å². The van der Waals surface area contributed by atoms with Gasteiger partial charge in [0.1, 0.15) is 5.82 Å². The molecule has 102 valence electrons. The lowest BCUT2D eigenvalue weighted by Gasteiger charge is -2.36. The molecule has 1 aromatic carbocycles. The predicted molar refractivity (Wildman–Crippen MR) is 76.6 cm³/mol. The van der Waals surface area contributed by atoms with Crippen molar-refractivity contribution in [3.63, 3.8) is 0 Å². The van der Waals surface area contributed by atoms with E-state index in [9.17, 15) is 4.39 Å². The van der Waals surface area contributed by atoms with Gasteiger partial charge < -0.3 is 11.1 Å². The number of nitrogens with zero attached hydrogens (tertiary/aromatic N) is 1. The van der Waals surface area contributed by atoms with Crippen molar-refractivity contribution in [1.82, 2.24) is 5.32 Å². The minimum atomic E-state index is -0.116. The van der Waals surface area contributed by atoms with E-state index < -0.39 is 0 Å². The first kappa shape index (κ1) is 13.6. The van der Waals surface area contributed by atoms with Crippen LogP contribution in [0.4, 0.5) is 4.39 Å². The monoisotopic (exact) mass is 261 g/mol. The van der Waals surface area contributed by atoms with E-state index in [0.717, 1.165) is 24.0 Å². The summed E-state index contributed by atoms with van der Waals surface area (Å²) < 4.78 is 13.6. The van der Waals surface area contributed by atoms with Crippen LogP contribution < -0.4 is 11.1 Å². The maximum absolute atomic E-state index is 13.6. The Morgan fingerprint density at radius 3 is 2.79 bits per heavy atom. The Kier molecular flexibility index (Phi) is 4.20. The quantitative estimate of drug-likeness (QED) is 0.497. The molecule has 1 aliphatic carbocycles. The molecular formula is C15H20FN3. The van der Waals surface area contributed by atoms with Crippen LogP contribution in [0, 0.1) is 5.82 Å². The van der Waals surface area contributed by atoms with Crippen LogP contribution >= 0.6 is 0 Å². The second-order valence-corrected chi connectivity index (χ2v) is 5.19. The van der Waals surface area contributed by atoms with E-state index in [2.05, 4.69) is 16.9 Å². The van der Waals surface area contributed by atoms with E-state index >= 15 is 0 Å². The van der Waals surface area contributed by atoms with Crippen LogP contribution in [0.3, 0.4) is 0 Å². The minimum absolute atomic E-state index is 0.116. The van der Waals surface area contributed by atoms with E-state index in [4.69, 9.17) is 5.73 Å². The average molecular weight is 261 g/mol. The standard InChI is InChI=1S/C15H20FN3/c1-10(2)9-18-15(17)19-12-7-11(8-12)13-5-3-4-6-14(13)16/h3-6,11-12H,1,7-9H2,2H3,(H3,17,18,19). The molecule has 0 radical (unpaired) electrons. The SMILES string of the molecule is C=C(C)CN=C(N)NC1CC(c2ccccc2F)C1. The predicted octanol–water partition coefficient (Wildman–Crippen LogP) is 2.55. The molecule has 2 rings (SSSR count). The summed E-state index contributed by atoms with van der Waals surface area (Å²) in [5.41, 5.74) is 7.55. The summed E-state index contributed by atoms with van der Waals surface area (Å²) in [4.78, 5) is 4.17. The van der Waals surface area contributed by atoms with Crippen molar-refractivity contribution in [1.29, 1.82) is 0 Å². The molecule has 3 N–H and O–H groups in total. The average Bonchev–Trinajstić information content (AvgIpc) is 2.32. The summed E-state index contributed by atoms with van der Waals surface area (Å²) in [6.07, 6.45) is 1.79. The van der Waals surface area contributed by atoms with Crippen molar-refractivity contribution in [3.05, 3.63) is 47.8 Å². The number of guanidine groups is 1. The van der Waals surface area contributed by atoms with Gasteiger partial charge in [0.25, 0.3) is 0 Å². The number of hydrogen-bond acceptors (Lipinski definition) is 1. The minimum Gasteiger partial charge on any atom is -0.370 e. The topological polar surface area (TPSA) is 50.4 Å². The van der Waals surface area contributed by atoms with Gasteiger partial charge in [0.05, 0.1) is 6.54 Å². The largest absolute Gasteiger partial charge is 0.370 e. The van der Waals surface area contributed by atoms with E-state index in [1.807, 2.05) is 19.1 Å². The van der Waals surface area contributed by atoms with Gasteiger partial charge in [-0.1, -0.05) is 30.4 Å². The second kappa shape index (κ2) is 5.87. The fourth-order valence-electron chi connectivity index (χ4n) is 2.27. The van der Waals surface area contributed by atoms with Crippen LogP contribution in [-0.4, -0.2) is 18.5 Å². The first-order chi connectivity index (χ1) is 9.06. The fraction of sp³-hybridized carbons (Fsp3) is 0.400. The van der Waals surface area contributed by atoms with Crippen molar-refractivity contribution in [3.8, 4) is 0 Å². The van der Waals surface area contributed by atoms with E-state index in [1.54, 1.807) is 6.07 Å². The number of rotatable bonds is 4. The number of nitrogens with one attached hydrogen (secondary N) is 1. The van der Waals surface area contributed by atoms with Crippen molar-refractivity contribution in [2.45, 2.75) is 31.7 Å². The van der Waals surface area contributed by atoms with Crippen LogP contribution in [0.2, 0.25) is 0 Å². The summed E-state index contributed by atoms with van der Waals surface area (Å²) in [7, 11) is 0. The summed E-state index contributed by atoms with van der Waals surface area (Å²) >= 11 is 0. The molecule has 0 saturated heterocycles. The molecule has 0 aromatic heterocycles. The van der Waals surface area contributed by atoms with E-state index in [0.29, 0.717) is 18.5 Å². The van der Waals surface area contributed by atoms with Crippen LogP contribution in [0.1, 0.15) is 31.2 Å². The molecule has 1 aromatic rings. The number of halogens is 1. The van der Waals surface area contributed by atoms with Gasteiger partial charge in [-0.15, -0.1) is 0 Å². The summed E-state index contributed by atoms with van der Waals surface area (Å²) in [6.45, 7) is 6.22. The molecule has 0 spiro atoms. The molecule has 0 heterocycles. The van der Waals surface area contributed by atoms with Crippen LogP contribution in [0.5, 0.6) is 0 Å². The van der Waals surface area contributed by atoms with E-state index in [1.165, 1.54) is 6.07 Å². The molecule has 1 fully saturated rings. The lowest BCUT2D eigenvalue weighted by molar-refractivity contribution is 0.316. The van der Waals surface area contributed by atoms with E-state index in [-0.39, 0.29) is 11.7 Å². The molecule has 1 aliphatic rings. The first-order valence-electron chi connectivity index (χ1n) is 6.51. The zero-order chi connectivity index (χ0) is 13.8. The van der Waals surface area contributed by atoms with Crippen LogP contribution in [0.25, 0.3) is 0 Å². The van der Waals surface area contributed by atoms with Gasteiger partial charge in [-0.25, -0.2) is 9.38 Å². The molecule has 3 nitrogen and oxygen atoms in total. The molecule has 4 heteroatoms. The van der Waals surface area contributed by atoms with Crippen molar-refractivity contribution < 1.29 is 4.39 Å². The Hall–Kier alpha value is -1.84. The highest BCUT2D eigenvalue weighted by molar-refractivity contribution is 5.78. The lowest BCUT2D eigenvalue weighted by atomic mass is 9.76. The third-order valence-corrected chi connectivity index (χ3v) is 3.35. The van der Waals surface area contributed by atoms with Crippen molar-refractivity contribution in [2.75, 3.05) is 6.54 Å². The second-order valence-electron chi connectivity index (χ2n) is 5.19. The zero-order valence-corrected chi connectivity index (χ0v) is 11.2. The van der Waals surface area contributed by atoms with Crippen molar-refractivity contribution >= 4 is 5.96 Å². The van der Waals surface area contributed by atoms with Gasteiger partial charge in [-0.05, 0) is 37.3 Å². The maximum atomic E-state index is 13.6. The number of aliphatic imine (C=N–C) groups is 1. The molecule has 0 bridgehead atoms. The molecule has 19 heavy (non-hydrogen) atoms. The lowest BCUT2D eigenvalue weighted by Crippen LogP contribution is -2.46. The fourth-order valence-corrected chi connectivity index (χ4v) is 2.27. The van der Waals surface area contributed by atoms with Gasteiger partial charge in [0.2, 0.25) is 0 Å². The number of nitrogens with two attached hydrogens (primary N) is 1. The third kappa shape index (κ3) is 3.56. The molecule has 0 aliphatic heterocycles. The van der Waals surface area contributed by atoms with Crippen LogP contribution in [0.15, 0.2) is 41.4 Å². The van der Waals surface area contributed by atoms with Gasteiger partial charge in [-0.2, -0.15) is 0 Å². The molecular weight excluding hydrogens is 241 g/mol. The third-order valence-electron chi connectivity index (χ3n) is 3.35. The smallest absolute Gasteiger partial charge is 0.189 e. The Balaban J connectivity index is 1.82. The molecule has 0 amide bonds. The normalized spacial score (nSPS) is 22.7. The summed E-state index contributed by atoms with van der Waals surface area (Å²) in [6, 6.07) is 7.25. The Bertz CT molecular complexity index is 490. The Morgan fingerprint density at radius 2 is 2.16 bits per heavy atom. The van der Waals surface area contributed by atoms with Gasteiger partial charge in [0, 0.05) is 6.04 Å². The zero-order valence-electron chi connectivity index (χ0n) is 11.2. The highest BCUT2D eigenvalue weighted by atomic mass is 19.1.